The molecule has 1 fully saturated rings. The predicted octanol–water partition coefficient (Wildman–Crippen LogP) is 2.74. The van der Waals surface area contributed by atoms with Crippen LogP contribution in [-0.4, -0.2) is 13.2 Å². The van der Waals surface area contributed by atoms with Crippen molar-refractivity contribution >= 4 is 0 Å². The molecule has 0 aliphatic heterocycles. The summed E-state index contributed by atoms with van der Waals surface area (Å²) in [5.41, 5.74) is 5.73. The second-order valence-corrected chi connectivity index (χ2v) is 4.51. The van der Waals surface area contributed by atoms with Gasteiger partial charge in [-0.25, -0.2) is 4.39 Å². The van der Waals surface area contributed by atoms with Crippen molar-refractivity contribution in [1.82, 2.24) is 0 Å². The Morgan fingerprint density at radius 2 is 2.00 bits per heavy atom. The maximum Gasteiger partial charge on any atom is 0.200 e. The molecule has 0 saturated heterocycles. The molecule has 0 aromatic heterocycles. The lowest BCUT2D eigenvalue weighted by Gasteiger charge is -2.41. The molecule has 0 heterocycles. The third-order valence-electron chi connectivity index (χ3n) is 3.62. The van der Waals surface area contributed by atoms with Crippen LogP contribution >= 0.6 is 0 Å². The van der Waals surface area contributed by atoms with Crippen LogP contribution in [0.2, 0.25) is 0 Å². The Bertz CT molecular complexity index is 411. The van der Waals surface area contributed by atoms with Gasteiger partial charge >= 0.3 is 0 Å². The first-order valence-electron chi connectivity index (χ1n) is 5.96. The highest BCUT2D eigenvalue weighted by Gasteiger charge is 2.40. The van der Waals surface area contributed by atoms with Crippen molar-refractivity contribution in [3.05, 3.63) is 29.3 Å². The van der Waals surface area contributed by atoms with E-state index in [0.717, 1.165) is 19.3 Å². The zero-order chi connectivity index (χ0) is 12.5. The lowest BCUT2D eigenvalue weighted by molar-refractivity contribution is 0.239. The Morgan fingerprint density at radius 3 is 2.47 bits per heavy atom. The van der Waals surface area contributed by atoms with Crippen LogP contribution in [0.5, 0.6) is 5.75 Å². The van der Waals surface area contributed by atoms with Gasteiger partial charge in [-0.05, 0) is 31.4 Å². The molecule has 1 aliphatic carbocycles. The highest BCUT2D eigenvalue weighted by atomic mass is 19.2. The summed E-state index contributed by atoms with van der Waals surface area (Å²) in [6.45, 7) is 2.41. The first-order chi connectivity index (χ1) is 8.14. The van der Waals surface area contributed by atoms with Gasteiger partial charge in [0.1, 0.15) is 0 Å². The summed E-state index contributed by atoms with van der Waals surface area (Å²) in [7, 11) is 0. The minimum atomic E-state index is -0.899. The molecule has 17 heavy (non-hydrogen) atoms. The molecule has 0 radical (unpaired) electrons. The zero-order valence-electron chi connectivity index (χ0n) is 9.93. The fraction of sp³-hybridized carbons (Fsp3) is 0.538. The second kappa shape index (κ2) is 4.61. The average Bonchev–Trinajstić information content (AvgIpc) is 2.27. The number of halogens is 2. The molecule has 2 nitrogen and oxygen atoms in total. The van der Waals surface area contributed by atoms with Gasteiger partial charge in [-0.3, -0.25) is 0 Å². The molecule has 0 bridgehead atoms. The number of benzene rings is 1. The first-order valence-corrected chi connectivity index (χ1v) is 5.96. The van der Waals surface area contributed by atoms with Crippen LogP contribution in [0.3, 0.4) is 0 Å². The van der Waals surface area contributed by atoms with Crippen molar-refractivity contribution in [2.45, 2.75) is 31.6 Å². The summed E-state index contributed by atoms with van der Waals surface area (Å²) in [5.74, 6) is -1.73. The van der Waals surface area contributed by atoms with Gasteiger partial charge in [0.15, 0.2) is 11.6 Å². The van der Waals surface area contributed by atoms with Crippen molar-refractivity contribution in [3.8, 4) is 5.75 Å². The minimum Gasteiger partial charge on any atom is -0.491 e. The largest absolute Gasteiger partial charge is 0.491 e. The molecular formula is C13H17F2NO. The molecule has 1 saturated carbocycles. The monoisotopic (exact) mass is 241 g/mol. The highest BCUT2D eigenvalue weighted by molar-refractivity contribution is 5.37. The van der Waals surface area contributed by atoms with E-state index in [0.29, 0.717) is 18.7 Å². The van der Waals surface area contributed by atoms with Gasteiger partial charge in [-0.1, -0.05) is 12.5 Å². The van der Waals surface area contributed by atoms with Crippen LogP contribution in [0.4, 0.5) is 8.78 Å². The molecule has 2 N–H and O–H groups in total. The van der Waals surface area contributed by atoms with Crippen molar-refractivity contribution in [1.29, 1.82) is 0 Å². The van der Waals surface area contributed by atoms with Crippen molar-refractivity contribution in [3.63, 3.8) is 0 Å². The Morgan fingerprint density at radius 1 is 1.29 bits per heavy atom. The summed E-state index contributed by atoms with van der Waals surface area (Å²) in [4.78, 5) is 0. The minimum absolute atomic E-state index is 0.0276. The van der Waals surface area contributed by atoms with Gasteiger partial charge in [-0.2, -0.15) is 4.39 Å². The van der Waals surface area contributed by atoms with Crippen molar-refractivity contribution in [2.75, 3.05) is 13.2 Å². The van der Waals surface area contributed by atoms with E-state index in [4.69, 9.17) is 10.5 Å². The van der Waals surface area contributed by atoms with E-state index in [2.05, 4.69) is 0 Å². The molecule has 94 valence electrons. The van der Waals surface area contributed by atoms with E-state index in [1.54, 1.807) is 13.0 Å². The third kappa shape index (κ3) is 1.90. The van der Waals surface area contributed by atoms with Crippen molar-refractivity contribution in [2.24, 2.45) is 5.73 Å². The van der Waals surface area contributed by atoms with E-state index < -0.39 is 11.6 Å². The molecular weight excluding hydrogens is 224 g/mol. The summed E-state index contributed by atoms with van der Waals surface area (Å²) < 4.78 is 32.7. The lowest BCUT2D eigenvalue weighted by Crippen LogP contribution is -2.42. The van der Waals surface area contributed by atoms with Crippen LogP contribution in [0.1, 0.15) is 31.7 Å². The molecule has 0 unspecified atom stereocenters. The third-order valence-corrected chi connectivity index (χ3v) is 3.62. The van der Waals surface area contributed by atoms with E-state index in [9.17, 15) is 8.78 Å². The van der Waals surface area contributed by atoms with E-state index in [-0.39, 0.29) is 11.2 Å². The quantitative estimate of drug-likeness (QED) is 0.879. The standard InChI is InChI=1S/C13H17F2NO/c1-2-17-10-5-4-9(11(14)12(10)15)13(8-16)6-3-7-13/h4-5H,2-3,6-8,16H2,1H3. The number of hydrogen-bond acceptors (Lipinski definition) is 2. The highest BCUT2D eigenvalue weighted by Crippen LogP contribution is 2.44. The van der Waals surface area contributed by atoms with Gasteiger partial charge in [-0.15, -0.1) is 0 Å². The molecule has 1 aromatic rings. The van der Waals surface area contributed by atoms with Crippen LogP contribution < -0.4 is 10.5 Å². The second-order valence-electron chi connectivity index (χ2n) is 4.51. The fourth-order valence-corrected chi connectivity index (χ4v) is 2.40. The summed E-state index contributed by atoms with van der Waals surface area (Å²) in [6, 6.07) is 3.10. The molecule has 0 spiro atoms. The van der Waals surface area contributed by atoms with Crippen LogP contribution in [0.15, 0.2) is 12.1 Å². The number of hydrogen-bond donors (Lipinski definition) is 1. The smallest absolute Gasteiger partial charge is 0.200 e. The van der Waals surface area contributed by atoms with E-state index in [1.165, 1.54) is 6.07 Å². The number of rotatable bonds is 4. The molecule has 2 rings (SSSR count). The Hall–Kier alpha value is -1.16. The maximum atomic E-state index is 14.0. The van der Waals surface area contributed by atoms with Crippen LogP contribution in [0.25, 0.3) is 0 Å². The van der Waals surface area contributed by atoms with Gasteiger partial charge < -0.3 is 10.5 Å². The molecule has 1 aliphatic rings. The number of nitrogens with two attached hydrogens (primary N) is 1. The Balaban J connectivity index is 2.40. The molecule has 1 aromatic carbocycles. The average molecular weight is 241 g/mol. The predicted molar refractivity (Wildman–Crippen MR) is 62.1 cm³/mol. The van der Waals surface area contributed by atoms with Crippen molar-refractivity contribution < 1.29 is 13.5 Å². The first kappa shape index (κ1) is 12.3. The van der Waals surface area contributed by atoms with E-state index >= 15 is 0 Å². The van der Waals surface area contributed by atoms with Gasteiger partial charge in [0.2, 0.25) is 5.82 Å². The summed E-state index contributed by atoms with van der Waals surface area (Å²) in [5, 5.41) is 0. The van der Waals surface area contributed by atoms with E-state index in [1.807, 2.05) is 0 Å². The van der Waals surface area contributed by atoms with Crippen LogP contribution in [-0.2, 0) is 5.41 Å². The summed E-state index contributed by atoms with van der Waals surface area (Å²) in [6.07, 6.45) is 2.67. The van der Waals surface area contributed by atoms with Gasteiger partial charge in [0.25, 0.3) is 0 Å². The summed E-state index contributed by atoms with van der Waals surface area (Å²) >= 11 is 0. The molecule has 0 atom stereocenters. The normalized spacial score (nSPS) is 17.6. The molecule has 4 heteroatoms. The zero-order valence-corrected chi connectivity index (χ0v) is 9.93. The number of ether oxygens (including phenoxy) is 1. The maximum absolute atomic E-state index is 14.0. The molecule has 0 amide bonds. The topological polar surface area (TPSA) is 35.2 Å². The lowest BCUT2D eigenvalue weighted by atomic mass is 9.64. The van der Waals surface area contributed by atoms with Gasteiger partial charge in [0.05, 0.1) is 6.61 Å². The van der Waals surface area contributed by atoms with Crippen LogP contribution in [0, 0.1) is 11.6 Å². The van der Waals surface area contributed by atoms with Gasteiger partial charge in [0, 0.05) is 12.0 Å². The Labute approximate surface area is 99.8 Å². The SMILES string of the molecule is CCOc1ccc(C2(CN)CCC2)c(F)c1F. The Kier molecular flexibility index (Phi) is 3.33. The fourth-order valence-electron chi connectivity index (χ4n) is 2.40.